The summed E-state index contributed by atoms with van der Waals surface area (Å²) in [5.41, 5.74) is 1.81. The molecule has 3 rings (SSSR count). The van der Waals surface area contributed by atoms with Crippen LogP contribution >= 0.6 is 0 Å². The molecule has 6 heteroatoms. The summed E-state index contributed by atoms with van der Waals surface area (Å²) in [6.45, 7) is 2.20. The smallest absolute Gasteiger partial charge is 0.254 e. The van der Waals surface area contributed by atoms with Crippen LogP contribution in [-0.2, 0) is 6.61 Å². The van der Waals surface area contributed by atoms with Gasteiger partial charge in [-0.05, 0) is 36.8 Å². The monoisotopic (exact) mass is 326 g/mol. The number of hydrogen-bond acceptors (Lipinski definition) is 6. The summed E-state index contributed by atoms with van der Waals surface area (Å²) >= 11 is 0. The molecule has 1 heterocycles. The van der Waals surface area contributed by atoms with Crippen LogP contribution in [0, 0.1) is 6.92 Å². The van der Waals surface area contributed by atoms with E-state index >= 15 is 0 Å². The Morgan fingerprint density at radius 1 is 0.917 bits per heavy atom. The minimum atomic E-state index is 0.213. The van der Waals surface area contributed by atoms with Gasteiger partial charge in [-0.1, -0.05) is 18.2 Å². The van der Waals surface area contributed by atoms with Crippen molar-refractivity contribution in [1.29, 1.82) is 0 Å². The molecule has 0 fully saturated rings. The van der Waals surface area contributed by atoms with E-state index in [9.17, 15) is 0 Å². The molecule has 0 saturated heterocycles. The summed E-state index contributed by atoms with van der Waals surface area (Å²) in [7, 11) is 3.17. The van der Waals surface area contributed by atoms with Gasteiger partial charge < -0.3 is 18.6 Å². The van der Waals surface area contributed by atoms with Crippen molar-refractivity contribution in [3.05, 3.63) is 53.9 Å². The van der Waals surface area contributed by atoms with Crippen LogP contribution < -0.4 is 14.2 Å². The fourth-order valence-electron chi connectivity index (χ4n) is 2.26. The normalized spacial score (nSPS) is 10.5. The molecule has 0 atom stereocenters. The van der Waals surface area contributed by atoms with Crippen molar-refractivity contribution in [2.24, 2.45) is 0 Å². The lowest BCUT2D eigenvalue weighted by molar-refractivity contribution is 0.263. The van der Waals surface area contributed by atoms with Crippen molar-refractivity contribution in [1.82, 2.24) is 10.2 Å². The molecule has 2 aromatic carbocycles. The molecule has 0 aliphatic carbocycles. The molecule has 0 aliphatic rings. The summed E-state index contributed by atoms with van der Waals surface area (Å²) in [6, 6.07) is 13.2. The van der Waals surface area contributed by atoms with Gasteiger partial charge in [0.25, 0.3) is 5.89 Å². The zero-order valence-corrected chi connectivity index (χ0v) is 13.8. The van der Waals surface area contributed by atoms with E-state index in [2.05, 4.69) is 10.2 Å². The van der Waals surface area contributed by atoms with Gasteiger partial charge in [0.05, 0.1) is 14.2 Å². The van der Waals surface area contributed by atoms with Crippen LogP contribution in [0.15, 0.2) is 46.9 Å². The van der Waals surface area contributed by atoms with Gasteiger partial charge in [-0.25, -0.2) is 0 Å². The molecule has 24 heavy (non-hydrogen) atoms. The first-order valence-electron chi connectivity index (χ1n) is 7.44. The highest BCUT2D eigenvalue weighted by atomic mass is 16.5. The Morgan fingerprint density at radius 3 is 2.46 bits per heavy atom. The maximum atomic E-state index is 5.71. The lowest BCUT2D eigenvalue weighted by Crippen LogP contribution is -1.97. The number of methoxy groups -OCH3 is 2. The van der Waals surface area contributed by atoms with Gasteiger partial charge in [0, 0.05) is 5.56 Å². The Labute approximate surface area is 140 Å². The summed E-state index contributed by atoms with van der Waals surface area (Å²) in [5, 5.41) is 8.08. The van der Waals surface area contributed by atoms with Crippen LogP contribution in [0.4, 0.5) is 0 Å². The Balaban J connectivity index is 1.75. The fraction of sp³-hybridized carbons (Fsp3) is 0.222. The number of benzene rings is 2. The molecule has 1 aromatic heterocycles. The van der Waals surface area contributed by atoms with E-state index in [0.717, 1.165) is 16.9 Å². The Hall–Kier alpha value is -3.02. The van der Waals surface area contributed by atoms with E-state index < -0.39 is 0 Å². The molecule has 0 unspecified atom stereocenters. The molecule has 0 aliphatic heterocycles. The van der Waals surface area contributed by atoms with Crippen LogP contribution in [0.25, 0.3) is 11.5 Å². The summed E-state index contributed by atoms with van der Waals surface area (Å²) in [5.74, 6) is 2.85. The Bertz CT molecular complexity index is 829. The predicted molar refractivity (Wildman–Crippen MR) is 88.3 cm³/mol. The van der Waals surface area contributed by atoms with Crippen LogP contribution in [0.1, 0.15) is 11.5 Å². The van der Waals surface area contributed by atoms with E-state index in [0.29, 0.717) is 23.3 Å². The average Bonchev–Trinajstić information content (AvgIpc) is 3.09. The zero-order chi connectivity index (χ0) is 16.9. The average molecular weight is 326 g/mol. The second-order valence-corrected chi connectivity index (χ2v) is 5.12. The van der Waals surface area contributed by atoms with Crippen LogP contribution in [0.2, 0.25) is 0 Å². The molecule has 0 amide bonds. The van der Waals surface area contributed by atoms with Gasteiger partial charge in [0.1, 0.15) is 5.75 Å². The molecule has 0 bridgehead atoms. The lowest BCUT2D eigenvalue weighted by Gasteiger charge is -2.07. The van der Waals surface area contributed by atoms with Gasteiger partial charge in [-0.2, -0.15) is 0 Å². The largest absolute Gasteiger partial charge is 0.493 e. The zero-order valence-electron chi connectivity index (χ0n) is 13.8. The number of aryl methyl sites for hydroxylation is 1. The molecular formula is C18H18N2O4. The van der Waals surface area contributed by atoms with Crippen molar-refractivity contribution in [3.8, 4) is 28.7 Å². The molecule has 6 nitrogen and oxygen atoms in total. The minimum Gasteiger partial charge on any atom is -0.493 e. The van der Waals surface area contributed by atoms with Crippen molar-refractivity contribution in [2.45, 2.75) is 13.5 Å². The topological polar surface area (TPSA) is 66.6 Å². The quantitative estimate of drug-likeness (QED) is 0.689. The number of ether oxygens (including phenoxy) is 3. The maximum Gasteiger partial charge on any atom is 0.254 e. The van der Waals surface area contributed by atoms with Crippen molar-refractivity contribution in [3.63, 3.8) is 0 Å². The molecule has 3 aromatic rings. The Kier molecular flexibility index (Phi) is 4.65. The summed E-state index contributed by atoms with van der Waals surface area (Å²) in [4.78, 5) is 0. The molecular weight excluding hydrogens is 308 g/mol. The third-order valence-corrected chi connectivity index (χ3v) is 3.54. The maximum absolute atomic E-state index is 5.71. The van der Waals surface area contributed by atoms with Gasteiger partial charge in [0.2, 0.25) is 5.89 Å². The second kappa shape index (κ2) is 7.04. The van der Waals surface area contributed by atoms with Gasteiger partial charge in [0.15, 0.2) is 18.1 Å². The van der Waals surface area contributed by atoms with E-state index in [1.54, 1.807) is 26.4 Å². The second-order valence-electron chi connectivity index (χ2n) is 5.12. The molecule has 0 spiro atoms. The van der Waals surface area contributed by atoms with Crippen molar-refractivity contribution >= 4 is 0 Å². The molecule has 0 N–H and O–H groups in total. The van der Waals surface area contributed by atoms with Crippen LogP contribution in [-0.4, -0.2) is 24.4 Å². The first kappa shape index (κ1) is 15.9. The highest BCUT2D eigenvalue weighted by Gasteiger charge is 2.12. The fourth-order valence-corrected chi connectivity index (χ4v) is 2.26. The summed E-state index contributed by atoms with van der Waals surface area (Å²) < 4.78 is 21.9. The van der Waals surface area contributed by atoms with Crippen LogP contribution in [0.3, 0.4) is 0 Å². The first-order chi connectivity index (χ1) is 11.7. The lowest BCUT2D eigenvalue weighted by atomic mass is 10.2. The number of para-hydroxylation sites is 1. The van der Waals surface area contributed by atoms with E-state index in [-0.39, 0.29) is 6.61 Å². The van der Waals surface area contributed by atoms with Crippen LogP contribution in [0.5, 0.6) is 17.2 Å². The van der Waals surface area contributed by atoms with E-state index in [4.69, 9.17) is 18.6 Å². The van der Waals surface area contributed by atoms with Crippen molar-refractivity contribution < 1.29 is 18.6 Å². The van der Waals surface area contributed by atoms with E-state index in [1.807, 2.05) is 37.3 Å². The summed E-state index contributed by atoms with van der Waals surface area (Å²) in [6.07, 6.45) is 0. The van der Waals surface area contributed by atoms with Gasteiger partial charge >= 0.3 is 0 Å². The number of aromatic nitrogens is 2. The third kappa shape index (κ3) is 3.32. The number of rotatable bonds is 6. The van der Waals surface area contributed by atoms with E-state index in [1.165, 1.54) is 0 Å². The highest BCUT2D eigenvalue weighted by molar-refractivity contribution is 5.59. The number of nitrogens with zero attached hydrogens (tertiary/aromatic N) is 2. The molecule has 0 radical (unpaired) electrons. The van der Waals surface area contributed by atoms with Gasteiger partial charge in [-0.15, -0.1) is 10.2 Å². The van der Waals surface area contributed by atoms with Gasteiger partial charge in [-0.3, -0.25) is 0 Å². The standard InChI is InChI=1S/C18H18N2O4/c1-12-6-4-5-7-14(12)23-11-17-19-20-18(24-17)13-8-9-15(21-2)16(10-13)22-3/h4-10H,11H2,1-3H3. The molecule has 0 saturated carbocycles. The predicted octanol–water partition coefficient (Wildman–Crippen LogP) is 3.64. The highest BCUT2D eigenvalue weighted by Crippen LogP contribution is 2.31. The molecule has 124 valence electrons. The minimum absolute atomic E-state index is 0.213. The first-order valence-corrected chi connectivity index (χ1v) is 7.44. The number of hydrogen-bond donors (Lipinski definition) is 0. The van der Waals surface area contributed by atoms with Crippen molar-refractivity contribution in [2.75, 3.05) is 14.2 Å². The third-order valence-electron chi connectivity index (χ3n) is 3.54. The SMILES string of the molecule is COc1ccc(-c2nnc(COc3ccccc3C)o2)cc1OC. The Morgan fingerprint density at radius 2 is 1.71 bits per heavy atom.